The number of nitrogens with one attached hydrogen (secondary N) is 1. The Morgan fingerprint density at radius 2 is 1.89 bits per heavy atom. The number of benzene rings is 1. The maximum atomic E-state index is 3.55. The van der Waals surface area contributed by atoms with Crippen LogP contribution >= 0.6 is 15.9 Å². The lowest BCUT2D eigenvalue weighted by molar-refractivity contribution is 0.112. The fourth-order valence-electron chi connectivity index (χ4n) is 2.79. The number of halogens is 1. The van der Waals surface area contributed by atoms with E-state index in [-0.39, 0.29) is 5.54 Å². The Morgan fingerprint density at radius 3 is 2.47 bits per heavy atom. The second-order valence-electron chi connectivity index (χ2n) is 5.80. The zero-order chi connectivity index (χ0) is 13.9. The number of hydrogen-bond acceptors (Lipinski definition) is 3. The van der Waals surface area contributed by atoms with Crippen LogP contribution in [0, 0.1) is 0 Å². The van der Waals surface area contributed by atoms with Crippen molar-refractivity contribution < 1.29 is 0 Å². The molecule has 1 aromatic carbocycles. The zero-order valence-corrected chi connectivity index (χ0v) is 13.7. The molecule has 106 valence electrons. The molecule has 0 amide bonds. The van der Waals surface area contributed by atoms with Gasteiger partial charge in [0, 0.05) is 48.4 Å². The Bertz CT molecular complexity index is 412. The average molecular weight is 326 g/mol. The molecule has 0 atom stereocenters. The third kappa shape index (κ3) is 3.71. The topological polar surface area (TPSA) is 18.5 Å². The van der Waals surface area contributed by atoms with Gasteiger partial charge in [-0.25, -0.2) is 0 Å². The smallest absolute Gasteiger partial charge is 0.0378 e. The minimum Gasteiger partial charge on any atom is -0.369 e. The first kappa shape index (κ1) is 14.8. The molecule has 1 aliphatic heterocycles. The molecule has 3 nitrogen and oxygen atoms in total. The summed E-state index contributed by atoms with van der Waals surface area (Å²) >= 11 is 3.55. The molecule has 0 radical (unpaired) electrons. The third-order valence-electron chi connectivity index (χ3n) is 3.92. The summed E-state index contributed by atoms with van der Waals surface area (Å²) in [4.78, 5) is 5.05. The second kappa shape index (κ2) is 6.25. The van der Waals surface area contributed by atoms with Crippen molar-refractivity contribution in [1.29, 1.82) is 0 Å². The van der Waals surface area contributed by atoms with Crippen LogP contribution in [0.1, 0.15) is 13.8 Å². The number of hydrogen-bond donors (Lipinski definition) is 1. The highest BCUT2D eigenvalue weighted by atomic mass is 79.9. The van der Waals surface area contributed by atoms with Gasteiger partial charge in [-0.1, -0.05) is 22.0 Å². The quantitative estimate of drug-likeness (QED) is 0.917. The number of anilines is 1. The Balaban J connectivity index is 1.96. The molecule has 0 aliphatic carbocycles. The summed E-state index contributed by atoms with van der Waals surface area (Å²) in [6, 6.07) is 8.58. The monoisotopic (exact) mass is 325 g/mol. The van der Waals surface area contributed by atoms with Crippen molar-refractivity contribution >= 4 is 21.6 Å². The van der Waals surface area contributed by atoms with Crippen LogP contribution in [-0.2, 0) is 0 Å². The normalized spacial score (nSPS) is 17.8. The molecule has 0 aromatic heterocycles. The fourth-order valence-corrected chi connectivity index (χ4v) is 3.17. The van der Waals surface area contributed by atoms with Gasteiger partial charge in [0.25, 0.3) is 0 Å². The van der Waals surface area contributed by atoms with Gasteiger partial charge in [0.1, 0.15) is 0 Å². The molecule has 19 heavy (non-hydrogen) atoms. The molecule has 4 heteroatoms. The minimum absolute atomic E-state index is 0.234. The molecule has 1 aliphatic rings. The summed E-state index contributed by atoms with van der Waals surface area (Å²) in [7, 11) is 2.03. The molecular weight excluding hydrogens is 302 g/mol. The van der Waals surface area contributed by atoms with E-state index in [1.165, 1.54) is 5.69 Å². The van der Waals surface area contributed by atoms with E-state index in [4.69, 9.17) is 0 Å². The van der Waals surface area contributed by atoms with Crippen LogP contribution in [0.3, 0.4) is 0 Å². The van der Waals surface area contributed by atoms with Crippen LogP contribution in [-0.4, -0.2) is 50.2 Å². The molecular formula is C15H24BrN3. The van der Waals surface area contributed by atoms with Gasteiger partial charge in [-0.05, 0) is 39.1 Å². The SMILES string of the molecule is CNCC(C)(C)N1CCN(c2cccc(Br)c2)CC1. The number of rotatable bonds is 4. The van der Waals surface area contributed by atoms with E-state index in [2.05, 4.69) is 69.2 Å². The van der Waals surface area contributed by atoms with E-state index in [1.54, 1.807) is 0 Å². The minimum atomic E-state index is 0.234. The highest BCUT2D eigenvalue weighted by molar-refractivity contribution is 9.10. The van der Waals surface area contributed by atoms with Crippen LogP contribution in [0.2, 0.25) is 0 Å². The van der Waals surface area contributed by atoms with E-state index in [0.29, 0.717) is 0 Å². The van der Waals surface area contributed by atoms with E-state index in [9.17, 15) is 0 Å². The van der Waals surface area contributed by atoms with Crippen LogP contribution in [0.15, 0.2) is 28.7 Å². The molecule has 0 unspecified atom stereocenters. The molecule has 1 fully saturated rings. The maximum Gasteiger partial charge on any atom is 0.0378 e. The lowest BCUT2D eigenvalue weighted by atomic mass is 10.0. The van der Waals surface area contributed by atoms with Gasteiger partial charge in [-0.3, -0.25) is 4.90 Å². The average Bonchev–Trinajstić information content (AvgIpc) is 2.39. The van der Waals surface area contributed by atoms with E-state index in [1.807, 2.05) is 7.05 Å². The van der Waals surface area contributed by atoms with Crippen LogP contribution < -0.4 is 10.2 Å². The van der Waals surface area contributed by atoms with Crippen molar-refractivity contribution in [1.82, 2.24) is 10.2 Å². The van der Waals surface area contributed by atoms with Gasteiger partial charge in [0.15, 0.2) is 0 Å². The highest BCUT2D eigenvalue weighted by Gasteiger charge is 2.29. The summed E-state index contributed by atoms with van der Waals surface area (Å²) < 4.78 is 1.16. The standard InChI is InChI=1S/C15H24BrN3/c1-15(2,12-17-3)19-9-7-18(8-10-19)14-6-4-5-13(16)11-14/h4-6,11,17H,7-10,12H2,1-3H3. The summed E-state index contributed by atoms with van der Waals surface area (Å²) in [5.41, 5.74) is 1.55. The van der Waals surface area contributed by atoms with Crippen molar-refractivity contribution in [2.24, 2.45) is 0 Å². The Hall–Kier alpha value is -0.580. The van der Waals surface area contributed by atoms with Gasteiger partial charge in [0.05, 0.1) is 0 Å². The predicted molar refractivity (Wildman–Crippen MR) is 85.9 cm³/mol. The van der Waals surface area contributed by atoms with Crippen molar-refractivity contribution in [3.8, 4) is 0 Å². The molecule has 1 saturated heterocycles. The summed E-state index contributed by atoms with van der Waals surface area (Å²) in [6.07, 6.45) is 0. The van der Waals surface area contributed by atoms with Crippen molar-refractivity contribution in [2.45, 2.75) is 19.4 Å². The highest BCUT2D eigenvalue weighted by Crippen LogP contribution is 2.23. The van der Waals surface area contributed by atoms with Crippen molar-refractivity contribution in [3.05, 3.63) is 28.7 Å². The second-order valence-corrected chi connectivity index (χ2v) is 6.71. The van der Waals surface area contributed by atoms with E-state index < -0.39 is 0 Å². The number of likely N-dealkylation sites (N-methyl/N-ethyl adjacent to an activating group) is 1. The lowest BCUT2D eigenvalue weighted by Crippen LogP contribution is -2.57. The summed E-state index contributed by atoms with van der Waals surface area (Å²) in [5.74, 6) is 0. The molecule has 0 bridgehead atoms. The summed E-state index contributed by atoms with van der Waals surface area (Å²) in [5, 5.41) is 3.29. The predicted octanol–water partition coefficient (Wildman–Crippen LogP) is 2.57. The Kier molecular flexibility index (Phi) is 4.87. The van der Waals surface area contributed by atoms with Crippen LogP contribution in [0.5, 0.6) is 0 Å². The largest absolute Gasteiger partial charge is 0.369 e. The number of nitrogens with zero attached hydrogens (tertiary/aromatic N) is 2. The first-order valence-corrected chi connectivity index (χ1v) is 7.72. The Labute approximate surface area is 125 Å². The van der Waals surface area contributed by atoms with Crippen LogP contribution in [0.25, 0.3) is 0 Å². The van der Waals surface area contributed by atoms with Gasteiger partial charge in [-0.2, -0.15) is 0 Å². The van der Waals surface area contributed by atoms with Gasteiger partial charge >= 0.3 is 0 Å². The summed E-state index contributed by atoms with van der Waals surface area (Å²) in [6.45, 7) is 10.1. The lowest BCUT2D eigenvalue weighted by Gasteiger charge is -2.44. The Morgan fingerprint density at radius 1 is 1.21 bits per heavy atom. The third-order valence-corrected chi connectivity index (χ3v) is 4.41. The van der Waals surface area contributed by atoms with Gasteiger partial charge in [-0.15, -0.1) is 0 Å². The fraction of sp³-hybridized carbons (Fsp3) is 0.600. The molecule has 1 N–H and O–H groups in total. The van der Waals surface area contributed by atoms with E-state index in [0.717, 1.165) is 37.2 Å². The van der Waals surface area contributed by atoms with Gasteiger partial charge in [0.2, 0.25) is 0 Å². The van der Waals surface area contributed by atoms with E-state index >= 15 is 0 Å². The zero-order valence-electron chi connectivity index (χ0n) is 12.1. The van der Waals surface area contributed by atoms with Crippen LogP contribution in [0.4, 0.5) is 5.69 Å². The number of piperazine rings is 1. The molecule has 1 heterocycles. The first-order chi connectivity index (χ1) is 9.03. The molecule has 2 rings (SSSR count). The van der Waals surface area contributed by atoms with Crippen molar-refractivity contribution in [2.75, 3.05) is 44.7 Å². The van der Waals surface area contributed by atoms with Gasteiger partial charge < -0.3 is 10.2 Å². The maximum absolute atomic E-state index is 3.55. The molecule has 0 saturated carbocycles. The van der Waals surface area contributed by atoms with Crippen molar-refractivity contribution in [3.63, 3.8) is 0 Å². The molecule has 1 aromatic rings. The first-order valence-electron chi connectivity index (χ1n) is 6.93. The molecule has 0 spiro atoms.